The molecule has 0 radical (unpaired) electrons. The van der Waals surface area contributed by atoms with E-state index in [2.05, 4.69) is 11.4 Å². The first-order chi connectivity index (χ1) is 11.6. The molecule has 0 atom stereocenters. The van der Waals surface area contributed by atoms with E-state index < -0.39 is 5.97 Å². The lowest BCUT2D eigenvalue weighted by atomic mass is 9.93. The molecular formula is C19H16Cl2NO2-. The van der Waals surface area contributed by atoms with Gasteiger partial charge in [-0.15, -0.1) is 0 Å². The molecule has 124 valence electrons. The van der Waals surface area contributed by atoms with Crippen molar-refractivity contribution >= 4 is 46.1 Å². The van der Waals surface area contributed by atoms with Gasteiger partial charge in [0, 0.05) is 11.3 Å². The van der Waals surface area contributed by atoms with Crippen LogP contribution in [0, 0.1) is 0 Å². The van der Waals surface area contributed by atoms with Crippen molar-refractivity contribution in [1.82, 2.24) is 0 Å². The van der Waals surface area contributed by atoms with Gasteiger partial charge < -0.3 is 15.2 Å². The fourth-order valence-electron chi connectivity index (χ4n) is 2.90. The van der Waals surface area contributed by atoms with Gasteiger partial charge in [0.05, 0.1) is 21.7 Å². The van der Waals surface area contributed by atoms with E-state index in [0.717, 1.165) is 24.8 Å². The Kier molecular flexibility index (Phi) is 5.12. The normalized spacial score (nSPS) is 14.2. The molecule has 1 N–H and O–H groups in total. The summed E-state index contributed by atoms with van der Waals surface area (Å²) < 4.78 is 0. The fraction of sp³-hybridized carbons (Fsp3) is 0.211. The van der Waals surface area contributed by atoms with Crippen molar-refractivity contribution in [2.75, 3.05) is 5.32 Å². The van der Waals surface area contributed by atoms with Crippen LogP contribution in [0.3, 0.4) is 0 Å². The van der Waals surface area contributed by atoms with Gasteiger partial charge in [0.1, 0.15) is 0 Å². The SMILES string of the molecule is O=C([O-])c1ccccc1Nc1c(Cl)ccc(C2=CCCCC2)c1Cl. The molecule has 2 aromatic rings. The Bertz CT molecular complexity index is 815. The molecule has 24 heavy (non-hydrogen) atoms. The van der Waals surface area contributed by atoms with E-state index >= 15 is 0 Å². The number of aromatic carboxylic acids is 1. The van der Waals surface area contributed by atoms with Crippen LogP contribution in [0.25, 0.3) is 5.57 Å². The zero-order valence-electron chi connectivity index (χ0n) is 12.9. The highest BCUT2D eigenvalue weighted by atomic mass is 35.5. The molecule has 0 fully saturated rings. The maximum atomic E-state index is 11.3. The van der Waals surface area contributed by atoms with Gasteiger partial charge in [0.25, 0.3) is 0 Å². The summed E-state index contributed by atoms with van der Waals surface area (Å²) in [5.41, 5.74) is 3.12. The number of carboxylic acid groups (broad SMARTS) is 1. The third-order valence-corrected chi connectivity index (χ3v) is 4.84. The highest BCUT2D eigenvalue weighted by Crippen LogP contribution is 2.40. The van der Waals surface area contributed by atoms with E-state index in [1.54, 1.807) is 24.3 Å². The number of halogens is 2. The standard InChI is InChI=1S/C19H17Cl2NO2/c20-15-11-10-13(12-6-2-1-3-7-12)17(21)18(15)22-16-9-5-4-8-14(16)19(23)24/h4-6,8-11,22H,1-3,7H2,(H,23,24)/p-1. The van der Waals surface area contributed by atoms with Crippen LogP contribution in [0.1, 0.15) is 41.6 Å². The maximum Gasteiger partial charge on any atom is 0.0769 e. The molecule has 5 heteroatoms. The second kappa shape index (κ2) is 7.29. The molecular weight excluding hydrogens is 345 g/mol. The molecule has 0 saturated heterocycles. The van der Waals surface area contributed by atoms with E-state index in [1.807, 2.05) is 6.07 Å². The van der Waals surface area contributed by atoms with Crippen molar-refractivity contribution in [1.29, 1.82) is 0 Å². The lowest BCUT2D eigenvalue weighted by Gasteiger charge is -2.19. The molecule has 0 unspecified atom stereocenters. The van der Waals surface area contributed by atoms with Gasteiger partial charge in [-0.3, -0.25) is 0 Å². The smallest absolute Gasteiger partial charge is 0.0769 e. The molecule has 3 nitrogen and oxygen atoms in total. The molecule has 0 aromatic heterocycles. The minimum Gasteiger partial charge on any atom is -0.545 e. The van der Waals surface area contributed by atoms with Gasteiger partial charge in [-0.1, -0.05) is 53.5 Å². The van der Waals surface area contributed by atoms with Crippen LogP contribution >= 0.6 is 23.2 Å². The number of hydrogen-bond donors (Lipinski definition) is 1. The molecule has 1 aliphatic carbocycles. The molecule has 1 aliphatic rings. The minimum absolute atomic E-state index is 0.0620. The number of anilines is 2. The number of nitrogens with one attached hydrogen (secondary N) is 1. The quantitative estimate of drug-likeness (QED) is 0.828. The van der Waals surface area contributed by atoms with Gasteiger partial charge >= 0.3 is 0 Å². The second-order valence-corrected chi connectivity index (χ2v) is 6.50. The number of carboxylic acids is 1. The van der Waals surface area contributed by atoms with Crippen molar-refractivity contribution < 1.29 is 9.90 Å². The summed E-state index contributed by atoms with van der Waals surface area (Å²) in [6.45, 7) is 0. The van der Waals surface area contributed by atoms with Crippen molar-refractivity contribution in [2.24, 2.45) is 0 Å². The number of carbonyl (C=O) groups is 1. The Morgan fingerprint density at radius 1 is 1.08 bits per heavy atom. The largest absolute Gasteiger partial charge is 0.545 e. The van der Waals surface area contributed by atoms with Crippen LogP contribution in [0.5, 0.6) is 0 Å². The number of benzene rings is 2. The van der Waals surface area contributed by atoms with Crippen LogP contribution in [0.4, 0.5) is 11.4 Å². The number of para-hydroxylation sites is 1. The van der Waals surface area contributed by atoms with Gasteiger partial charge in [0.2, 0.25) is 0 Å². The lowest BCUT2D eigenvalue weighted by Crippen LogP contribution is -2.23. The second-order valence-electron chi connectivity index (χ2n) is 5.72. The molecule has 3 rings (SSSR count). The van der Waals surface area contributed by atoms with E-state index in [-0.39, 0.29) is 5.56 Å². The Morgan fingerprint density at radius 3 is 2.58 bits per heavy atom. The summed E-state index contributed by atoms with van der Waals surface area (Å²) in [7, 11) is 0. The maximum absolute atomic E-state index is 11.3. The van der Waals surface area contributed by atoms with Crippen LogP contribution in [-0.2, 0) is 0 Å². The Hall–Kier alpha value is -1.97. The number of rotatable bonds is 4. The van der Waals surface area contributed by atoms with E-state index in [9.17, 15) is 9.90 Å². The zero-order valence-corrected chi connectivity index (χ0v) is 14.5. The molecule has 0 amide bonds. The average molecular weight is 361 g/mol. The van der Waals surface area contributed by atoms with Crippen molar-refractivity contribution in [3.8, 4) is 0 Å². The van der Waals surface area contributed by atoms with Crippen molar-refractivity contribution in [3.05, 3.63) is 63.6 Å². The minimum atomic E-state index is -1.25. The van der Waals surface area contributed by atoms with Crippen molar-refractivity contribution in [2.45, 2.75) is 25.7 Å². The third-order valence-electron chi connectivity index (χ3n) is 4.13. The van der Waals surface area contributed by atoms with Crippen LogP contribution in [-0.4, -0.2) is 5.97 Å². The first-order valence-electron chi connectivity index (χ1n) is 7.82. The zero-order chi connectivity index (χ0) is 17.1. The molecule has 0 spiro atoms. The van der Waals surface area contributed by atoms with Gasteiger partial charge in [-0.05, 0) is 49.0 Å². The Balaban J connectivity index is 2.02. The average Bonchev–Trinajstić information content (AvgIpc) is 2.59. The third kappa shape index (κ3) is 3.42. The first-order valence-corrected chi connectivity index (χ1v) is 8.58. The molecule has 0 heterocycles. The van der Waals surface area contributed by atoms with Crippen LogP contribution in [0.15, 0.2) is 42.5 Å². The fourth-order valence-corrected chi connectivity index (χ4v) is 3.49. The number of hydrogen-bond acceptors (Lipinski definition) is 3. The van der Waals surface area contributed by atoms with Crippen LogP contribution < -0.4 is 10.4 Å². The highest BCUT2D eigenvalue weighted by molar-refractivity contribution is 6.40. The molecule has 0 aliphatic heterocycles. The summed E-state index contributed by atoms with van der Waals surface area (Å²) in [4.78, 5) is 11.3. The predicted molar refractivity (Wildman–Crippen MR) is 97.0 cm³/mol. The van der Waals surface area contributed by atoms with E-state index in [1.165, 1.54) is 18.1 Å². The summed E-state index contributed by atoms with van der Waals surface area (Å²) in [6, 6.07) is 10.2. The molecule has 2 aromatic carbocycles. The summed E-state index contributed by atoms with van der Waals surface area (Å²) >= 11 is 12.9. The number of carbonyl (C=O) groups excluding carboxylic acids is 1. The highest BCUT2D eigenvalue weighted by Gasteiger charge is 2.16. The van der Waals surface area contributed by atoms with Crippen LogP contribution in [0.2, 0.25) is 10.0 Å². The Morgan fingerprint density at radius 2 is 1.88 bits per heavy atom. The first kappa shape index (κ1) is 16.9. The lowest BCUT2D eigenvalue weighted by molar-refractivity contribution is -0.254. The van der Waals surface area contributed by atoms with E-state index in [0.29, 0.717) is 21.4 Å². The summed E-state index contributed by atoms with van der Waals surface area (Å²) in [5.74, 6) is -1.25. The van der Waals surface area contributed by atoms with Gasteiger partial charge in [-0.2, -0.15) is 0 Å². The molecule has 0 saturated carbocycles. The van der Waals surface area contributed by atoms with E-state index in [4.69, 9.17) is 23.2 Å². The van der Waals surface area contributed by atoms with Gasteiger partial charge in [0.15, 0.2) is 0 Å². The van der Waals surface area contributed by atoms with Crippen molar-refractivity contribution in [3.63, 3.8) is 0 Å². The summed E-state index contributed by atoms with van der Waals surface area (Å²) in [5, 5.41) is 15.3. The Labute approximate surface area is 150 Å². The predicted octanol–water partition coefficient (Wildman–Crippen LogP) is 5.06. The monoisotopic (exact) mass is 360 g/mol. The van der Waals surface area contributed by atoms with Gasteiger partial charge in [-0.25, -0.2) is 0 Å². The number of allylic oxidation sites excluding steroid dienone is 2. The topological polar surface area (TPSA) is 52.2 Å². The molecule has 0 bridgehead atoms. The summed E-state index contributed by atoms with van der Waals surface area (Å²) in [6.07, 6.45) is 6.57.